The quantitative estimate of drug-likeness (QED) is 0.694. The number of aromatic nitrogens is 1. The lowest BCUT2D eigenvalue weighted by atomic mass is 10.1. The molecule has 2 aromatic rings. The van der Waals surface area contributed by atoms with Gasteiger partial charge in [-0.3, -0.25) is 9.59 Å². The molecule has 1 N–H and O–H groups in total. The summed E-state index contributed by atoms with van der Waals surface area (Å²) in [6.45, 7) is 7.09. The largest absolute Gasteiger partial charge is 0.462 e. The van der Waals surface area contributed by atoms with E-state index in [2.05, 4.69) is 5.32 Å². The normalized spacial score (nSPS) is 10.5. The minimum atomic E-state index is -0.557. The second-order valence-corrected chi connectivity index (χ2v) is 7.60. The van der Waals surface area contributed by atoms with Crippen molar-refractivity contribution in [3.05, 3.63) is 49.2 Å². The Balaban J connectivity index is 2.34. The number of esters is 1. The minimum absolute atomic E-state index is 0.0553. The highest BCUT2D eigenvalue weighted by Gasteiger charge is 2.23. The molecule has 1 amide bonds. The lowest BCUT2D eigenvalue weighted by molar-refractivity contribution is -0.116. The lowest BCUT2D eigenvalue weighted by Gasteiger charge is -2.13. The Bertz CT molecular complexity index is 1050. The summed E-state index contributed by atoms with van der Waals surface area (Å²) in [6, 6.07) is 3.54. The zero-order valence-corrected chi connectivity index (χ0v) is 17.9. The van der Waals surface area contributed by atoms with Gasteiger partial charge in [-0.15, -0.1) is 11.3 Å². The van der Waals surface area contributed by atoms with Crippen LogP contribution in [0.5, 0.6) is 0 Å². The SMILES string of the molecule is CCOC(=O)c1c(NC(=O)Cn2c(C)cc(COC)c(C#N)c2=O)sc(C)c1C. The molecule has 0 saturated carbocycles. The van der Waals surface area contributed by atoms with Crippen LogP contribution in [-0.2, 0) is 27.4 Å². The summed E-state index contributed by atoms with van der Waals surface area (Å²) in [6.07, 6.45) is 0. The summed E-state index contributed by atoms with van der Waals surface area (Å²) < 4.78 is 11.3. The van der Waals surface area contributed by atoms with E-state index in [1.807, 2.05) is 13.0 Å². The number of ether oxygens (including phenoxy) is 2. The number of carbonyl (C=O) groups is 2. The zero-order chi connectivity index (χ0) is 21.7. The smallest absolute Gasteiger partial charge is 0.341 e. The molecular weight excluding hydrogens is 394 g/mol. The highest BCUT2D eigenvalue weighted by Crippen LogP contribution is 2.33. The fraction of sp³-hybridized carbons (Fsp3) is 0.400. The molecule has 0 unspecified atom stereocenters. The van der Waals surface area contributed by atoms with Crippen molar-refractivity contribution in [3.8, 4) is 6.07 Å². The highest BCUT2D eigenvalue weighted by molar-refractivity contribution is 7.16. The van der Waals surface area contributed by atoms with Gasteiger partial charge in [0.15, 0.2) is 0 Å². The third-order valence-electron chi connectivity index (χ3n) is 4.42. The van der Waals surface area contributed by atoms with Crippen molar-refractivity contribution in [3.63, 3.8) is 0 Å². The van der Waals surface area contributed by atoms with E-state index in [9.17, 15) is 19.6 Å². The Kier molecular flexibility index (Phi) is 7.31. The van der Waals surface area contributed by atoms with Crippen LogP contribution < -0.4 is 10.9 Å². The minimum Gasteiger partial charge on any atom is -0.462 e. The van der Waals surface area contributed by atoms with Gasteiger partial charge in [-0.25, -0.2) is 4.79 Å². The van der Waals surface area contributed by atoms with E-state index in [-0.39, 0.29) is 25.3 Å². The molecule has 2 rings (SSSR count). The molecular formula is C20H23N3O5S. The molecule has 0 bridgehead atoms. The van der Waals surface area contributed by atoms with Crippen molar-refractivity contribution in [1.29, 1.82) is 5.26 Å². The Morgan fingerprint density at radius 3 is 2.59 bits per heavy atom. The number of pyridine rings is 1. The molecule has 0 aliphatic carbocycles. The number of hydrogen-bond donors (Lipinski definition) is 1. The lowest BCUT2D eigenvalue weighted by Crippen LogP contribution is -2.31. The van der Waals surface area contributed by atoms with Crippen LogP contribution in [0.15, 0.2) is 10.9 Å². The third kappa shape index (κ3) is 4.72. The summed E-state index contributed by atoms with van der Waals surface area (Å²) in [5, 5.41) is 12.4. The number of amides is 1. The molecule has 0 aliphatic heterocycles. The molecule has 9 heteroatoms. The van der Waals surface area contributed by atoms with Crippen LogP contribution in [0.25, 0.3) is 0 Å². The van der Waals surface area contributed by atoms with E-state index in [1.54, 1.807) is 26.8 Å². The molecule has 0 radical (unpaired) electrons. The zero-order valence-electron chi connectivity index (χ0n) is 17.0. The average molecular weight is 417 g/mol. The van der Waals surface area contributed by atoms with Gasteiger partial charge in [-0.1, -0.05) is 0 Å². The Morgan fingerprint density at radius 2 is 2.00 bits per heavy atom. The van der Waals surface area contributed by atoms with Crippen molar-refractivity contribution in [2.75, 3.05) is 19.0 Å². The number of rotatable bonds is 7. The standard InChI is InChI=1S/C20H23N3O5S/c1-6-28-20(26)17-12(3)13(4)29-18(17)22-16(24)9-23-11(2)7-14(10-27-5)15(8-21)19(23)25/h7H,6,9-10H2,1-5H3,(H,22,24). The van der Waals surface area contributed by atoms with Crippen molar-refractivity contribution in [2.24, 2.45) is 0 Å². The van der Waals surface area contributed by atoms with Crippen molar-refractivity contribution >= 4 is 28.2 Å². The molecule has 0 atom stereocenters. The summed E-state index contributed by atoms with van der Waals surface area (Å²) in [4.78, 5) is 38.4. The van der Waals surface area contributed by atoms with Crippen LogP contribution in [0.4, 0.5) is 5.00 Å². The summed E-state index contributed by atoms with van der Waals surface area (Å²) in [5.74, 6) is -0.987. The van der Waals surface area contributed by atoms with Gasteiger partial charge in [0.25, 0.3) is 5.56 Å². The molecule has 0 saturated heterocycles. The second-order valence-electron chi connectivity index (χ2n) is 6.38. The first-order valence-electron chi connectivity index (χ1n) is 8.94. The molecule has 0 fully saturated rings. The van der Waals surface area contributed by atoms with Crippen LogP contribution in [-0.4, -0.2) is 30.2 Å². The number of thiophene rings is 1. The van der Waals surface area contributed by atoms with Crippen molar-refractivity contribution in [2.45, 2.75) is 40.8 Å². The topological polar surface area (TPSA) is 110 Å². The van der Waals surface area contributed by atoms with Gasteiger partial charge in [0.05, 0.1) is 18.8 Å². The number of nitriles is 1. The van der Waals surface area contributed by atoms with E-state index >= 15 is 0 Å². The number of aryl methyl sites for hydroxylation is 2. The summed E-state index contributed by atoms with van der Waals surface area (Å²) in [7, 11) is 1.47. The van der Waals surface area contributed by atoms with E-state index in [0.717, 1.165) is 10.4 Å². The maximum Gasteiger partial charge on any atom is 0.341 e. The summed E-state index contributed by atoms with van der Waals surface area (Å²) >= 11 is 1.27. The summed E-state index contributed by atoms with van der Waals surface area (Å²) in [5.41, 5.74) is 1.45. The third-order valence-corrected chi connectivity index (χ3v) is 5.54. The van der Waals surface area contributed by atoms with Gasteiger partial charge >= 0.3 is 5.97 Å². The number of anilines is 1. The molecule has 154 valence electrons. The first-order chi connectivity index (χ1) is 13.7. The van der Waals surface area contributed by atoms with Gasteiger partial charge in [0, 0.05) is 23.2 Å². The van der Waals surface area contributed by atoms with E-state index in [0.29, 0.717) is 21.8 Å². The number of carbonyl (C=O) groups excluding carboxylic acids is 2. The van der Waals surface area contributed by atoms with Crippen molar-refractivity contribution < 1.29 is 19.1 Å². The first-order valence-corrected chi connectivity index (χ1v) is 9.76. The van der Waals surface area contributed by atoms with Gasteiger partial charge in [0.1, 0.15) is 23.2 Å². The number of nitrogens with zero attached hydrogens (tertiary/aromatic N) is 2. The highest BCUT2D eigenvalue weighted by atomic mass is 32.1. The fourth-order valence-corrected chi connectivity index (χ4v) is 3.96. The maximum atomic E-state index is 12.7. The predicted molar refractivity (Wildman–Crippen MR) is 109 cm³/mol. The van der Waals surface area contributed by atoms with Gasteiger partial charge in [0.2, 0.25) is 5.91 Å². The number of methoxy groups -OCH3 is 1. The fourth-order valence-electron chi connectivity index (χ4n) is 2.89. The molecule has 29 heavy (non-hydrogen) atoms. The van der Waals surface area contributed by atoms with Gasteiger partial charge in [-0.05, 0) is 39.3 Å². The molecule has 2 heterocycles. The average Bonchev–Trinajstić information content (AvgIpc) is 2.93. The van der Waals surface area contributed by atoms with Crippen LogP contribution in [0, 0.1) is 32.1 Å². The van der Waals surface area contributed by atoms with Crippen LogP contribution in [0.1, 0.15) is 44.5 Å². The van der Waals surface area contributed by atoms with E-state index in [1.165, 1.54) is 23.0 Å². The van der Waals surface area contributed by atoms with E-state index < -0.39 is 17.4 Å². The Labute approximate surface area is 172 Å². The van der Waals surface area contributed by atoms with Gasteiger partial charge < -0.3 is 19.4 Å². The predicted octanol–water partition coefficient (Wildman–Crippen LogP) is 2.67. The second kappa shape index (κ2) is 9.49. The van der Waals surface area contributed by atoms with Crippen LogP contribution in [0.3, 0.4) is 0 Å². The number of hydrogen-bond acceptors (Lipinski definition) is 7. The molecule has 0 spiro atoms. The Morgan fingerprint density at radius 1 is 1.31 bits per heavy atom. The molecule has 8 nitrogen and oxygen atoms in total. The Hall–Kier alpha value is -2.96. The number of nitrogens with one attached hydrogen (secondary N) is 1. The monoisotopic (exact) mass is 417 g/mol. The van der Waals surface area contributed by atoms with Crippen LogP contribution in [0.2, 0.25) is 0 Å². The molecule has 0 aliphatic rings. The molecule has 2 aromatic heterocycles. The van der Waals surface area contributed by atoms with Crippen LogP contribution >= 0.6 is 11.3 Å². The van der Waals surface area contributed by atoms with Gasteiger partial charge in [-0.2, -0.15) is 5.26 Å². The molecule has 0 aromatic carbocycles. The first kappa shape index (κ1) is 22.3. The van der Waals surface area contributed by atoms with Crippen molar-refractivity contribution in [1.82, 2.24) is 4.57 Å². The van der Waals surface area contributed by atoms with E-state index in [4.69, 9.17) is 9.47 Å². The maximum absolute atomic E-state index is 12.7.